The van der Waals surface area contributed by atoms with E-state index < -0.39 is 35.1 Å². The largest absolute Gasteiger partial charge is 0.457 e. The molecule has 15 heteroatoms. The number of carbonyl (C=O) groups is 4. The van der Waals surface area contributed by atoms with Gasteiger partial charge in [-0.1, -0.05) is 53.7 Å². The van der Waals surface area contributed by atoms with Gasteiger partial charge < -0.3 is 44.9 Å². The van der Waals surface area contributed by atoms with Crippen molar-refractivity contribution >= 4 is 29.8 Å². The van der Waals surface area contributed by atoms with Gasteiger partial charge in [0.05, 0.1) is 50.8 Å². The van der Waals surface area contributed by atoms with Crippen molar-refractivity contribution in [1.29, 1.82) is 0 Å². The Morgan fingerprint density at radius 1 is 0.789 bits per heavy atom. The van der Waals surface area contributed by atoms with Crippen LogP contribution in [0, 0.1) is 10.8 Å². The Balaban J connectivity index is 1.07. The number of carbonyl (C=O) groups excluding carboxylic acids is 4. The van der Waals surface area contributed by atoms with Crippen molar-refractivity contribution in [1.82, 2.24) is 35.7 Å². The van der Waals surface area contributed by atoms with Crippen molar-refractivity contribution in [3.8, 4) is 22.8 Å². The fraction of sp³-hybridized carbons (Fsp3) is 0.524. The number of methoxy groups -OCH3 is 2. The molecular formula is C42H56N8O7. The van der Waals surface area contributed by atoms with Crippen LogP contribution >= 0.6 is 0 Å². The molecule has 0 radical (unpaired) electrons. The molecule has 3 aromatic rings. The zero-order valence-corrected chi connectivity index (χ0v) is 34.2. The summed E-state index contributed by atoms with van der Waals surface area (Å²) in [6, 6.07) is 13.6. The smallest absolute Gasteiger partial charge is 0.407 e. The second-order valence-corrected chi connectivity index (χ2v) is 17.1. The number of likely N-dealkylation sites (tertiary alicyclic amines) is 2. The summed E-state index contributed by atoms with van der Waals surface area (Å²) in [6.07, 6.45) is 3.72. The van der Waals surface area contributed by atoms with Gasteiger partial charge >= 0.3 is 12.2 Å². The van der Waals surface area contributed by atoms with E-state index >= 15 is 0 Å². The highest BCUT2D eigenvalue weighted by Crippen LogP contribution is 2.35. The molecule has 4 N–H and O–H groups in total. The normalized spacial score (nSPS) is 20.6. The van der Waals surface area contributed by atoms with Crippen LogP contribution in [0.3, 0.4) is 0 Å². The summed E-state index contributed by atoms with van der Waals surface area (Å²) in [4.78, 5) is 68.3. The first-order valence-corrected chi connectivity index (χ1v) is 19.6. The molecule has 4 amide bonds. The monoisotopic (exact) mass is 784 g/mol. The molecule has 0 bridgehead atoms. The van der Waals surface area contributed by atoms with Crippen LogP contribution in [0.5, 0.6) is 11.5 Å². The van der Waals surface area contributed by atoms with Crippen LogP contribution in [0.4, 0.5) is 9.59 Å². The number of hydrogen-bond donors (Lipinski definition) is 4. The zero-order chi connectivity index (χ0) is 41.1. The molecular weight excluding hydrogens is 729 g/mol. The fourth-order valence-electron chi connectivity index (χ4n) is 7.75. The predicted octanol–water partition coefficient (Wildman–Crippen LogP) is 6.11. The minimum Gasteiger partial charge on any atom is -0.457 e. The molecule has 6 rings (SSSR count). The molecule has 5 atom stereocenters. The predicted molar refractivity (Wildman–Crippen MR) is 215 cm³/mol. The summed E-state index contributed by atoms with van der Waals surface area (Å²) in [5, 5.41) is 9.04. The van der Waals surface area contributed by atoms with Gasteiger partial charge in [0.1, 0.15) is 35.2 Å². The Morgan fingerprint density at radius 3 is 1.95 bits per heavy atom. The van der Waals surface area contributed by atoms with Crippen LogP contribution < -0.4 is 20.7 Å². The number of amidine groups is 1. The van der Waals surface area contributed by atoms with Crippen LogP contribution in [-0.2, 0) is 19.1 Å². The highest BCUT2D eigenvalue weighted by Gasteiger charge is 2.43. The number of amides is 4. The van der Waals surface area contributed by atoms with E-state index in [9.17, 15) is 19.2 Å². The van der Waals surface area contributed by atoms with Crippen LogP contribution in [0.1, 0.15) is 90.7 Å². The first kappa shape index (κ1) is 41.0. The zero-order valence-electron chi connectivity index (χ0n) is 34.2. The van der Waals surface area contributed by atoms with Gasteiger partial charge in [-0.3, -0.25) is 14.6 Å². The Bertz CT molecular complexity index is 1960. The fourth-order valence-corrected chi connectivity index (χ4v) is 7.75. The van der Waals surface area contributed by atoms with E-state index in [-0.39, 0.29) is 29.9 Å². The Kier molecular flexibility index (Phi) is 12.1. The minimum absolute atomic E-state index is 0.0841. The maximum atomic E-state index is 13.8. The van der Waals surface area contributed by atoms with Crippen molar-refractivity contribution in [3.63, 3.8) is 0 Å². The number of imidazole rings is 1. The van der Waals surface area contributed by atoms with E-state index in [0.717, 1.165) is 48.3 Å². The summed E-state index contributed by atoms with van der Waals surface area (Å²) in [5.74, 6) is 2.51. The highest BCUT2D eigenvalue weighted by molar-refractivity contribution is 5.95. The molecule has 0 aliphatic carbocycles. The molecule has 0 saturated carbocycles. The first-order valence-electron chi connectivity index (χ1n) is 19.6. The van der Waals surface area contributed by atoms with E-state index in [2.05, 4.69) is 25.9 Å². The molecule has 15 nitrogen and oxygen atoms in total. The number of nitrogens with zero attached hydrogens (tertiary/aromatic N) is 4. The van der Waals surface area contributed by atoms with Gasteiger partial charge in [0, 0.05) is 13.1 Å². The maximum Gasteiger partial charge on any atom is 0.407 e. The topological polar surface area (TPSA) is 180 Å². The lowest BCUT2D eigenvalue weighted by molar-refractivity contribution is -0.137. The lowest BCUT2D eigenvalue weighted by Gasteiger charge is -2.35. The van der Waals surface area contributed by atoms with E-state index in [1.54, 1.807) is 11.1 Å². The number of H-pyrrole nitrogens is 1. The number of nitrogens with one attached hydrogen (secondary N) is 4. The van der Waals surface area contributed by atoms with Gasteiger partial charge in [-0.05, 0) is 84.0 Å². The SMILES string of the molecule is COC(=O)N[C@H](C(=O)N1CCC[C@H]1C1=NCC(c2cccc(Oc3ccc(-c4cnc([C@@H]5CCCN5C(=O)[C@@H](NC(=O)OC)C(C)(C)C)[nH]4)cc3)c2)N1)C(C)(C)C. The molecule has 4 heterocycles. The van der Waals surface area contributed by atoms with Crippen LogP contribution in [0.25, 0.3) is 11.3 Å². The van der Waals surface area contributed by atoms with Crippen LogP contribution in [-0.4, -0.2) is 102 Å². The third-order valence-electron chi connectivity index (χ3n) is 10.8. The number of hydrogen-bond acceptors (Lipinski definition) is 10. The number of ether oxygens (including phenoxy) is 3. The Morgan fingerprint density at radius 2 is 1.37 bits per heavy atom. The summed E-state index contributed by atoms with van der Waals surface area (Å²) >= 11 is 0. The van der Waals surface area contributed by atoms with E-state index in [4.69, 9.17) is 19.2 Å². The average Bonchev–Trinajstić information content (AvgIpc) is 4.01. The first-order chi connectivity index (χ1) is 27.1. The summed E-state index contributed by atoms with van der Waals surface area (Å²) in [7, 11) is 2.58. The molecule has 2 fully saturated rings. The number of aromatic nitrogens is 2. The number of rotatable bonds is 10. The number of aromatic amines is 1. The summed E-state index contributed by atoms with van der Waals surface area (Å²) in [6.45, 7) is 13.2. The quantitative estimate of drug-likeness (QED) is 0.189. The molecule has 0 spiro atoms. The van der Waals surface area contributed by atoms with Crippen LogP contribution in [0.15, 0.2) is 59.7 Å². The Hall–Kier alpha value is -5.60. The highest BCUT2D eigenvalue weighted by atomic mass is 16.5. The van der Waals surface area contributed by atoms with Crippen molar-refractivity contribution < 1.29 is 33.4 Å². The van der Waals surface area contributed by atoms with Crippen molar-refractivity contribution in [3.05, 3.63) is 66.1 Å². The molecule has 3 aliphatic heterocycles. The number of benzene rings is 2. The molecule has 306 valence electrons. The second-order valence-electron chi connectivity index (χ2n) is 17.1. The third kappa shape index (κ3) is 9.35. The average molecular weight is 785 g/mol. The third-order valence-corrected chi connectivity index (χ3v) is 10.8. The Labute approximate surface area is 334 Å². The lowest BCUT2D eigenvalue weighted by Crippen LogP contribution is -2.57. The minimum atomic E-state index is -0.751. The van der Waals surface area contributed by atoms with Gasteiger partial charge in [0.25, 0.3) is 0 Å². The molecule has 2 aromatic carbocycles. The van der Waals surface area contributed by atoms with E-state index in [1.165, 1.54) is 14.2 Å². The van der Waals surface area contributed by atoms with E-state index in [0.29, 0.717) is 37.0 Å². The molecule has 57 heavy (non-hydrogen) atoms. The van der Waals surface area contributed by atoms with Crippen molar-refractivity contribution in [2.75, 3.05) is 33.9 Å². The molecule has 3 aliphatic rings. The van der Waals surface area contributed by atoms with Gasteiger partial charge in [-0.15, -0.1) is 0 Å². The molecule has 1 aromatic heterocycles. The van der Waals surface area contributed by atoms with Gasteiger partial charge in [0.15, 0.2) is 0 Å². The van der Waals surface area contributed by atoms with Crippen LogP contribution in [0.2, 0.25) is 0 Å². The molecule has 1 unspecified atom stereocenters. The number of aliphatic imine (C=N–C) groups is 1. The lowest BCUT2D eigenvalue weighted by atomic mass is 9.85. The maximum absolute atomic E-state index is 13.8. The van der Waals surface area contributed by atoms with Gasteiger partial charge in [-0.25, -0.2) is 14.6 Å². The van der Waals surface area contributed by atoms with Crippen molar-refractivity contribution in [2.24, 2.45) is 15.8 Å². The van der Waals surface area contributed by atoms with Crippen molar-refractivity contribution in [2.45, 2.75) is 97.4 Å². The molecule has 2 saturated heterocycles. The summed E-state index contributed by atoms with van der Waals surface area (Å²) in [5.41, 5.74) is 1.71. The van der Waals surface area contributed by atoms with Gasteiger partial charge in [-0.2, -0.15) is 0 Å². The van der Waals surface area contributed by atoms with Gasteiger partial charge in [0.2, 0.25) is 11.8 Å². The summed E-state index contributed by atoms with van der Waals surface area (Å²) < 4.78 is 15.9. The number of alkyl carbamates (subject to hydrolysis) is 2. The second kappa shape index (κ2) is 16.9. The standard InChI is InChI=1S/C42H56N8O7/c1-41(2,3)33(47-39(53)55-7)37(51)49-20-10-14-31(49)35-43-23-29(45-35)25-16-18-27(19-17-25)57-28-13-9-12-26(22-28)30-24-44-36(46-30)32-15-11-21-50(32)38(52)34(42(4,5)6)48-40(54)56-8/h9,12-13,16-19,22-23,30-34H,10-11,14-15,20-21,24H2,1-8H3,(H,43,45)(H,44,46)(H,47,53)(H,48,54)/t30?,31-,32-,33+,34+/m0/s1. The van der Waals surface area contributed by atoms with E-state index in [1.807, 2.05) is 95.0 Å².